The van der Waals surface area contributed by atoms with Gasteiger partial charge < -0.3 is 19.7 Å². The molecule has 0 aliphatic heterocycles. The van der Waals surface area contributed by atoms with E-state index in [2.05, 4.69) is 10.6 Å². The Hall–Kier alpha value is -0.161. The number of halogens is 6. The monoisotopic (exact) mass is 449 g/mol. The van der Waals surface area contributed by atoms with E-state index in [1.165, 1.54) is 0 Å². The predicted molar refractivity (Wildman–Crippen MR) is 59.4 cm³/mol. The molecule has 0 atom stereocenters. The molecule has 0 saturated carbocycles. The minimum absolute atomic E-state index is 0. The van der Waals surface area contributed by atoms with Crippen LogP contribution in [-0.4, -0.2) is 64.1 Å². The van der Waals surface area contributed by atoms with E-state index in [9.17, 15) is 26.3 Å². The Morgan fingerprint density at radius 2 is 0.870 bits per heavy atom. The van der Waals surface area contributed by atoms with E-state index in [-0.39, 0.29) is 17.1 Å². The molecule has 17 heteroatoms. The van der Waals surface area contributed by atoms with E-state index >= 15 is 0 Å². The van der Waals surface area contributed by atoms with Gasteiger partial charge in [-0.2, -0.15) is 26.3 Å². The van der Waals surface area contributed by atoms with Crippen LogP contribution >= 0.6 is 0 Å². The smallest absolute Gasteiger partial charge is 0.741 e. The van der Waals surface area contributed by atoms with Gasteiger partial charge in [0.15, 0.2) is 20.2 Å². The van der Waals surface area contributed by atoms with Crippen molar-refractivity contribution in [2.24, 2.45) is 0 Å². The van der Waals surface area contributed by atoms with Crippen molar-refractivity contribution in [1.29, 1.82) is 0 Å². The molecule has 147 valence electrons. The van der Waals surface area contributed by atoms with Gasteiger partial charge >= 0.3 is 28.1 Å². The molecule has 0 unspecified atom stereocenters. The molecule has 0 heterocycles. The first kappa shape index (κ1) is 30.7. The summed E-state index contributed by atoms with van der Waals surface area (Å²) in [6.45, 7) is 2.10. The van der Waals surface area contributed by atoms with Crippen LogP contribution in [0.5, 0.6) is 0 Å². The third kappa shape index (κ3) is 19.8. The number of hydrogen-bond donors (Lipinski definition) is 2. The van der Waals surface area contributed by atoms with Crippen LogP contribution in [0.4, 0.5) is 26.3 Å². The number of nitrogens with one attached hydrogen (secondary N) is 2. The maximum atomic E-state index is 10.7. The molecule has 0 aromatic heterocycles. The van der Waals surface area contributed by atoms with E-state index in [0.29, 0.717) is 0 Å². The maximum Gasteiger partial charge on any atom is 2.00 e. The summed E-state index contributed by atoms with van der Waals surface area (Å²) in [6.07, 6.45) is 0. The van der Waals surface area contributed by atoms with E-state index in [0.717, 1.165) is 13.1 Å². The van der Waals surface area contributed by atoms with E-state index in [1.807, 2.05) is 14.1 Å². The summed E-state index contributed by atoms with van der Waals surface area (Å²) in [6, 6.07) is 0. The summed E-state index contributed by atoms with van der Waals surface area (Å²) < 4.78 is 118. The van der Waals surface area contributed by atoms with Gasteiger partial charge in [-0.15, -0.1) is 0 Å². The van der Waals surface area contributed by atoms with E-state index in [4.69, 9.17) is 25.9 Å². The Morgan fingerprint density at radius 1 is 0.739 bits per heavy atom. The van der Waals surface area contributed by atoms with Gasteiger partial charge in [0.05, 0.1) is 0 Å². The molecule has 0 spiro atoms. The Bertz CT molecular complexity index is 445. The molecule has 0 fully saturated rings. The summed E-state index contributed by atoms with van der Waals surface area (Å²) in [7, 11) is -8.30. The maximum absolute atomic E-state index is 10.7. The normalized spacial score (nSPS) is 12.1. The van der Waals surface area contributed by atoms with Crippen LogP contribution in [0.25, 0.3) is 0 Å². The van der Waals surface area contributed by atoms with Crippen molar-refractivity contribution >= 4 is 20.2 Å². The quantitative estimate of drug-likeness (QED) is 0.194. The number of rotatable bonds is 3. The van der Waals surface area contributed by atoms with Crippen LogP contribution < -0.4 is 10.6 Å². The molecule has 0 aromatic rings. The van der Waals surface area contributed by atoms with Crippen molar-refractivity contribution in [3.05, 3.63) is 0 Å². The molecule has 1 radical (unpaired) electrons. The average molecular weight is 450 g/mol. The van der Waals surface area contributed by atoms with Crippen LogP contribution in [0, 0.1) is 0 Å². The van der Waals surface area contributed by atoms with Gasteiger partial charge in [-0.3, -0.25) is 0 Å². The largest absolute Gasteiger partial charge is 2.00 e. The fourth-order valence-electron chi connectivity index (χ4n) is 0.250. The summed E-state index contributed by atoms with van der Waals surface area (Å²) >= 11 is 0. The zero-order valence-electron chi connectivity index (χ0n) is 11.2. The minimum atomic E-state index is -6.09. The van der Waals surface area contributed by atoms with Crippen LogP contribution in [0.3, 0.4) is 0 Å². The van der Waals surface area contributed by atoms with Gasteiger partial charge in [-0.25, -0.2) is 16.8 Å². The van der Waals surface area contributed by atoms with Gasteiger partial charge in [0.1, 0.15) is 0 Å². The van der Waals surface area contributed by atoms with E-state index < -0.39 is 31.3 Å². The van der Waals surface area contributed by atoms with Crippen LogP contribution in [0.2, 0.25) is 0 Å². The van der Waals surface area contributed by atoms with Gasteiger partial charge in [0.2, 0.25) is 0 Å². The first-order valence-electron chi connectivity index (χ1n) is 4.75. The first-order chi connectivity index (χ1) is 9.41. The Morgan fingerprint density at radius 3 is 0.913 bits per heavy atom. The summed E-state index contributed by atoms with van der Waals surface area (Å²) in [5.41, 5.74) is -11.3. The molecule has 0 aliphatic carbocycles. The summed E-state index contributed by atoms with van der Waals surface area (Å²) in [5, 5.41) is 6.01. The van der Waals surface area contributed by atoms with Crippen molar-refractivity contribution in [1.82, 2.24) is 10.6 Å². The summed E-state index contributed by atoms with van der Waals surface area (Å²) in [5.74, 6) is 0. The number of likely N-dealkylation sites (N-methyl/N-ethyl adjacent to an activating group) is 2. The molecule has 23 heavy (non-hydrogen) atoms. The molecule has 0 rings (SSSR count). The summed E-state index contributed by atoms with van der Waals surface area (Å²) in [4.78, 5) is 0. The van der Waals surface area contributed by atoms with Crippen molar-refractivity contribution < 1.29 is 69.4 Å². The Balaban J connectivity index is -0.000000117. The van der Waals surface area contributed by atoms with Crippen molar-refractivity contribution in [3.63, 3.8) is 0 Å². The number of alkyl halides is 6. The second-order valence-corrected chi connectivity index (χ2v) is 5.75. The van der Waals surface area contributed by atoms with E-state index in [1.54, 1.807) is 0 Å². The van der Waals surface area contributed by atoms with Crippen molar-refractivity contribution in [2.75, 3.05) is 27.2 Å². The first-order valence-corrected chi connectivity index (χ1v) is 7.57. The van der Waals surface area contributed by atoms with Crippen LogP contribution in [0.15, 0.2) is 0 Å². The van der Waals surface area contributed by atoms with Gasteiger partial charge in [-0.05, 0) is 14.1 Å². The zero-order valence-corrected chi connectivity index (χ0v) is 13.8. The third-order valence-electron chi connectivity index (χ3n) is 1.19. The molecule has 0 aliphatic rings. The fourth-order valence-corrected chi connectivity index (χ4v) is 0.250. The van der Waals surface area contributed by atoms with Crippen LogP contribution in [-0.2, 0) is 37.3 Å². The zero-order chi connectivity index (χ0) is 18.8. The minimum Gasteiger partial charge on any atom is -0.741 e. The molecular formula is C6H12CuF6N2O6S2. The standard InChI is InChI=1S/C4H12N2.2CHF3O3S.Cu/c1-5-3-4-6-2;2*2-1(3,4)8(5,6)7;/h5-6H,3-4H2,1-2H3;2*(H,5,6,7);/q;;;+2/p-2. The SMILES string of the molecule is CNCCNC.O=S(=O)([O-])C(F)(F)F.O=S(=O)([O-])C(F)(F)F.[Cu+2]. The second kappa shape index (κ2) is 12.2. The molecule has 8 nitrogen and oxygen atoms in total. The average Bonchev–Trinajstić information content (AvgIpc) is 2.22. The predicted octanol–water partition coefficient (Wildman–Crippen LogP) is -0.475. The van der Waals surface area contributed by atoms with Crippen molar-refractivity contribution in [3.8, 4) is 0 Å². The topological polar surface area (TPSA) is 138 Å². The molecule has 2 N–H and O–H groups in total. The van der Waals surface area contributed by atoms with Gasteiger partial charge in [0.25, 0.3) is 0 Å². The van der Waals surface area contributed by atoms with Crippen LogP contribution in [0.1, 0.15) is 0 Å². The second-order valence-electron chi connectivity index (χ2n) is 3.01. The van der Waals surface area contributed by atoms with Gasteiger partial charge in [-0.1, -0.05) is 0 Å². The fraction of sp³-hybridized carbons (Fsp3) is 1.00. The molecule has 0 amide bonds. The Labute approximate surface area is 139 Å². The molecule has 0 saturated heterocycles. The Kier molecular flexibility index (Phi) is 16.3. The number of hydrogen-bond acceptors (Lipinski definition) is 8. The van der Waals surface area contributed by atoms with Gasteiger partial charge in [0, 0.05) is 13.1 Å². The molecule has 0 bridgehead atoms. The third-order valence-corrected chi connectivity index (χ3v) is 2.33. The van der Waals surface area contributed by atoms with Crippen molar-refractivity contribution in [2.45, 2.75) is 11.0 Å². The molecule has 0 aromatic carbocycles. The molecular weight excluding hydrogens is 438 g/mol.